The van der Waals surface area contributed by atoms with Gasteiger partial charge in [-0.25, -0.2) is 0 Å². The van der Waals surface area contributed by atoms with Gasteiger partial charge in [0.25, 0.3) is 0 Å². The predicted molar refractivity (Wildman–Crippen MR) is 260 cm³/mol. The first kappa shape index (κ1) is 36.4. The molecule has 0 amide bonds. The number of rotatable bonds is 9. The van der Waals surface area contributed by atoms with Gasteiger partial charge in [0.2, 0.25) is 0 Å². The van der Waals surface area contributed by atoms with E-state index in [1.807, 2.05) is 0 Å². The van der Waals surface area contributed by atoms with Crippen LogP contribution in [0.15, 0.2) is 253 Å². The van der Waals surface area contributed by atoms with Gasteiger partial charge >= 0.3 is 0 Å². The molecule has 0 radical (unpaired) electrons. The summed E-state index contributed by atoms with van der Waals surface area (Å²) in [7, 11) is -2.83. The van der Waals surface area contributed by atoms with E-state index in [0.29, 0.717) is 0 Å². The van der Waals surface area contributed by atoms with Crippen molar-refractivity contribution in [1.82, 2.24) is 0 Å². The second kappa shape index (κ2) is 15.5. The van der Waals surface area contributed by atoms with Crippen LogP contribution in [0.3, 0.4) is 0 Å². The van der Waals surface area contributed by atoms with E-state index >= 15 is 0 Å². The lowest BCUT2D eigenvalue weighted by molar-refractivity contribution is 0.670. The van der Waals surface area contributed by atoms with Crippen LogP contribution in [0.1, 0.15) is 0 Å². The van der Waals surface area contributed by atoms with Crippen LogP contribution in [-0.2, 0) is 0 Å². The quantitative estimate of drug-likeness (QED) is 0.107. The fourth-order valence-corrected chi connectivity index (χ4v) is 14.3. The molecule has 10 aromatic carbocycles. The Morgan fingerprint density at radius 1 is 0.311 bits per heavy atom. The molecule has 11 rings (SSSR count). The Morgan fingerprint density at radius 3 is 1.46 bits per heavy atom. The van der Waals surface area contributed by atoms with Crippen molar-refractivity contribution in [3.8, 4) is 22.3 Å². The van der Waals surface area contributed by atoms with Gasteiger partial charge in [-0.3, -0.25) is 0 Å². The van der Waals surface area contributed by atoms with Crippen molar-refractivity contribution >= 4 is 78.6 Å². The standard InChI is InChI=1S/C58H41NOSi/c1-5-19-43(20-6-1)53-33-17-34-54-55-35-18-36-56(58(55)60-57(53)54)59(45-39-37-44(38-40-45)52-32-15-22-42-21-13-14-31-51(42)52)46-23-16-30-50(41-46)61(47-24-7-2-8-25-47,48-26-9-3-10-27-48)49-28-11-4-12-29-49/h1-41H. The van der Waals surface area contributed by atoms with Gasteiger partial charge in [-0.05, 0) is 78.5 Å². The summed E-state index contributed by atoms with van der Waals surface area (Å²) in [5, 5.41) is 9.97. The van der Waals surface area contributed by atoms with Crippen molar-refractivity contribution in [3.05, 3.63) is 249 Å². The molecule has 288 valence electrons. The first-order chi connectivity index (χ1) is 30.3. The molecule has 0 fully saturated rings. The molecule has 0 atom stereocenters. The molecule has 3 heteroatoms. The summed E-state index contributed by atoms with van der Waals surface area (Å²) in [6.45, 7) is 0. The molecule has 0 saturated heterocycles. The summed E-state index contributed by atoms with van der Waals surface area (Å²) in [6.07, 6.45) is 0. The number of hydrogen-bond donors (Lipinski definition) is 0. The zero-order chi connectivity index (χ0) is 40.6. The molecule has 2 nitrogen and oxygen atoms in total. The fourth-order valence-electron chi connectivity index (χ4n) is 9.46. The predicted octanol–water partition coefficient (Wildman–Crippen LogP) is 12.9. The highest BCUT2D eigenvalue weighted by Crippen LogP contribution is 2.44. The number of fused-ring (bicyclic) bond motifs is 4. The van der Waals surface area contributed by atoms with Crippen molar-refractivity contribution in [2.24, 2.45) is 0 Å². The topological polar surface area (TPSA) is 16.4 Å². The number of benzene rings is 10. The Labute approximate surface area is 357 Å². The molecule has 0 unspecified atom stereocenters. The van der Waals surface area contributed by atoms with Crippen molar-refractivity contribution in [1.29, 1.82) is 0 Å². The largest absolute Gasteiger partial charge is 0.453 e. The maximum absolute atomic E-state index is 7.11. The zero-order valence-electron chi connectivity index (χ0n) is 33.5. The minimum atomic E-state index is -2.83. The third kappa shape index (κ3) is 6.26. The maximum atomic E-state index is 7.11. The third-order valence-electron chi connectivity index (χ3n) is 12.2. The molecule has 61 heavy (non-hydrogen) atoms. The van der Waals surface area contributed by atoms with Crippen molar-refractivity contribution in [3.63, 3.8) is 0 Å². The van der Waals surface area contributed by atoms with Crippen LogP contribution < -0.4 is 25.6 Å². The van der Waals surface area contributed by atoms with Gasteiger partial charge in [0.05, 0.1) is 5.69 Å². The van der Waals surface area contributed by atoms with E-state index in [4.69, 9.17) is 4.42 Å². The smallest absolute Gasteiger partial charge is 0.179 e. The SMILES string of the molecule is c1ccc(-c2cccc3c2oc2c(N(c4ccc(-c5cccc6ccccc56)cc4)c4cccc([Si](c5ccccc5)(c5ccccc5)c5ccccc5)c4)cccc23)cc1. The van der Waals surface area contributed by atoms with E-state index in [1.165, 1.54) is 42.6 Å². The lowest BCUT2D eigenvalue weighted by atomic mass is 9.98. The van der Waals surface area contributed by atoms with E-state index in [-0.39, 0.29) is 0 Å². The summed E-state index contributed by atoms with van der Waals surface area (Å²) in [5.74, 6) is 0. The fraction of sp³-hybridized carbons (Fsp3) is 0. The highest BCUT2D eigenvalue weighted by atomic mass is 28.3. The van der Waals surface area contributed by atoms with Crippen LogP contribution in [0.4, 0.5) is 17.1 Å². The van der Waals surface area contributed by atoms with Gasteiger partial charge in [-0.1, -0.05) is 218 Å². The van der Waals surface area contributed by atoms with Crippen LogP contribution in [0.25, 0.3) is 55.0 Å². The molecule has 1 aromatic heterocycles. The molecule has 0 spiro atoms. The lowest BCUT2D eigenvalue weighted by Gasteiger charge is -2.35. The Hall–Kier alpha value is -7.72. The van der Waals surface area contributed by atoms with Crippen LogP contribution in [0.2, 0.25) is 0 Å². The Kier molecular flexibility index (Phi) is 9.22. The second-order valence-corrected chi connectivity index (χ2v) is 19.4. The number of para-hydroxylation sites is 2. The minimum absolute atomic E-state index is 0.849. The molecule has 0 saturated carbocycles. The Bertz CT molecular complexity index is 3190. The van der Waals surface area contributed by atoms with Crippen LogP contribution in [0.5, 0.6) is 0 Å². The summed E-state index contributed by atoms with van der Waals surface area (Å²) in [5.41, 5.74) is 9.43. The molecule has 11 aromatic rings. The zero-order valence-corrected chi connectivity index (χ0v) is 34.5. The number of anilines is 3. The van der Waals surface area contributed by atoms with Crippen molar-refractivity contribution in [2.75, 3.05) is 4.90 Å². The van der Waals surface area contributed by atoms with Crippen LogP contribution in [-0.4, -0.2) is 8.07 Å². The monoisotopic (exact) mass is 795 g/mol. The van der Waals surface area contributed by atoms with Gasteiger partial charge in [-0.2, -0.15) is 0 Å². The van der Waals surface area contributed by atoms with Gasteiger partial charge < -0.3 is 9.32 Å². The molecular weight excluding hydrogens is 755 g/mol. The molecule has 0 N–H and O–H groups in total. The van der Waals surface area contributed by atoms with Crippen molar-refractivity contribution in [2.45, 2.75) is 0 Å². The molecule has 1 heterocycles. The van der Waals surface area contributed by atoms with Gasteiger partial charge in [0.15, 0.2) is 13.7 Å². The average Bonchev–Trinajstić information content (AvgIpc) is 3.73. The highest BCUT2D eigenvalue weighted by Gasteiger charge is 2.41. The lowest BCUT2D eigenvalue weighted by Crippen LogP contribution is -2.74. The molecule has 0 aliphatic carbocycles. The Balaban J connectivity index is 1.16. The van der Waals surface area contributed by atoms with Gasteiger partial charge in [0, 0.05) is 27.7 Å². The summed E-state index contributed by atoms with van der Waals surface area (Å²) < 4.78 is 7.11. The first-order valence-corrected chi connectivity index (χ1v) is 22.9. The van der Waals surface area contributed by atoms with Gasteiger partial charge in [0.1, 0.15) is 5.58 Å². The average molecular weight is 796 g/mol. The molecule has 0 aliphatic rings. The summed E-state index contributed by atoms with van der Waals surface area (Å²) in [4.78, 5) is 2.39. The summed E-state index contributed by atoms with van der Waals surface area (Å²) in [6, 6.07) is 90.5. The first-order valence-electron chi connectivity index (χ1n) is 20.9. The molecule has 0 aliphatic heterocycles. The molecular formula is C58H41NOSi. The van der Waals surface area contributed by atoms with E-state index in [0.717, 1.165) is 50.1 Å². The van der Waals surface area contributed by atoms with E-state index < -0.39 is 8.07 Å². The van der Waals surface area contributed by atoms with Crippen LogP contribution >= 0.6 is 0 Å². The van der Waals surface area contributed by atoms with Crippen LogP contribution in [0, 0.1) is 0 Å². The number of furan rings is 1. The minimum Gasteiger partial charge on any atom is -0.453 e. The third-order valence-corrected chi connectivity index (χ3v) is 17.0. The highest BCUT2D eigenvalue weighted by molar-refractivity contribution is 7.19. The summed E-state index contributed by atoms with van der Waals surface area (Å²) >= 11 is 0. The second-order valence-electron chi connectivity index (χ2n) is 15.6. The maximum Gasteiger partial charge on any atom is 0.179 e. The number of hydrogen-bond acceptors (Lipinski definition) is 2. The van der Waals surface area contributed by atoms with Gasteiger partial charge in [-0.15, -0.1) is 0 Å². The Morgan fingerprint density at radius 2 is 0.787 bits per heavy atom. The molecule has 0 bridgehead atoms. The van der Waals surface area contributed by atoms with E-state index in [9.17, 15) is 0 Å². The van der Waals surface area contributed by atoms with E-state index in [1.54, 1.807) is 0 Å². The normalized spacial score (nSPS) is 11.6. The number of nitrogens with zero attached hydrogens (tertiary/aromatic N) is 1. The van der Waals surface area contributed by atoms with Crippen molar-refractivity contribution < 1.29 is 4.42 Å². The van der Waals surface area contributed by atoms with E-state index in [2.05, 4.69) is 254 Å².